The molecule has 0 saturated carbocycles. The van der Waals surface area contributed by atoms with Crippen LogP contribution in [0.4, 0.5) is 5.69 Å². The fourth-order valence-electron chi connectivity index (χ4n) is 3.35. The highest BCUT2D eigenvalue weighted by atomic mass is 16.5. The van der Waals surface area contributed by atoms with Gasteiger partial charge in [-0.3, -0.25) is 19.2 Å². The molecule has 0 fully saturated rings. The van der Waals surface area contributed by atoms with Crippen LogP contribution in [0.2, 0.25) is 0 Å². The number of carbonyl (C=O) groups excluding carboxylic acids is 5. The summed E-state index contributed by atoms with van der Waals surface area (Å²) in [5, 5.41) is 2.54. The highest BCUT2D eigenvalue weighted by molar-refractivity contribution is 6.30. The maximum atomic E-state index is 12.9. The molecule has 0 atom stereocenters. The molecule has 0 spiro atoms. The fourth-order valence-corrected chi connectivity index (χ4v) is 3.35. The molecule has 0 aromatic heterocycles. The number of rotatable bonds is 5. The quantitative estimate of drug-likeness (QED) is 0.398. The molecule has 0 saturated heterocycles. The van der Waals surface area contributed by atoms with Gasteiger partial charge in [-0.1, -0.05) is 48.5 Å². The number of hydrogen-bond acceptors (Lipinski definition) is 6. The predicted molar refractivity (Wildman–Crippen MR) is 110 cm³/mol. The molecule has 0 unspecified atom stereocenters. The van der Waals surface area contributed by atoms with Crippen LogP contribution in [0, 0.1) is 0 Å². The zero-order chi connectivity index (χ0) is 22.0. The van der Waals surface area contributed by atoms with Crippen molar-refractivity contribution in [2.75, 3.05) is 11.9 Å². The molecule has 1 aliphatic carbocycles. The number of anilines is 1. The van der Waals surface area contributed by atoms with Gasteiger partial charge in [0.2, 0.25) is 0 Å². The van der Waals surface area contributed by atoms with E-state index in [1.807, 2.05) is 0 Å². The van der Waals surface area contributed by atoms with Gasteiger partial charge in [-0.2, -0.15) is 0 Å². The Hall–Kier alpha value is -4.39. The number of esters is 1. The van der Waals surface area contributed by atoms with Crippen molar-refractivity contribution in [2.45, 2.75) is 0 Å². The van der Waals surface area contributed by atoms with Crippen LogP contribution in [-0.2, 0) is 9.53 Å². The zero-order valence-corrected chi connectivity index (χ0v) is 16.1. The summed E-state index contributed by atoms with van der Waals surface area (Å²) < 4.78 is 4.99. The first-order valence-electron chi connectivity index (χ1n) is 9.33. The average Bonchev–Trinajstić information content (AvgIpc) is 2.81. The topological polar surface area (TPSA) is 107 Å². The summed E-state index contributed by atoms with van der Waals surface area (Å²) >= 11 is 0. The minimum atomic E-state index is -0.733. The van der Waals surface area contributed by atoms with Gasteiger partial charge in [0.15, 0.2) is 18.2 Å². The number of amides is 1. The smallest absolute Gasteiger partial charge is 0.338 e. The maximum Gasteiger partial charge on any atom is 0.338 e. The molecule has 0 bridgehead atoms. The van der Waals surface area contributed by atoms with Gasteiger partial charge >= 0.3 is 5.97 Å². The van der Waals surface area contributed by atoms with Crippen molar-refractivity contribution in [3.05, 3.63) is 100 Å². The third kappa shape index (κ3) is 3.76. The van der Waals surface area contributed by atoms with Crippen molar-refractivity contribution >= 4 is 35.4 Å². The molecule has 0 heterocycles. The lowest BCUT2D eigenvalue weighted by molar-refractivity contribution is -0.119. The molecule has 152 valence electrons. The Morgan fingerprint density at radius 1 is 0.806 bits per heavy atom. The van der Waals surface area contributed by atoms with Gasteiger partial charge in [0.25, 0.3) is 5.91 Å². The van der Waals surface area contributed by atoms with Crippen LogP contribution < -0.4 is 5.32 Å². The molecule has 7 heteroatoms. The van der Waals surface area contributed by atoms with Crippen LogP contribution in [0.3, 0.4) is 0 Å². The van der Waals surface area contributed by atoms with E-state index in [9.17, 15) is 24.0 Å². The van der Waals surface area contributed by atoms with Crippen LogP contribution >= 0.6 is 0 Å². The normalized spacial score (nSPS) is 11.9. The van der Waals surface area contributed by atoms with E-state index in [-0.39, 0.29) is 39.5 Å². The number of benzene rings is 3. The van der Waals surface area contributed by atoms with Crippen LogP contribution in [0.15, 0.2) is 66.7 Å². The molecule has 0 aliphatic heterocycles. The van der Waals surface area contributed by atoms with Gasteiger partial charge in [0.05, 0.1) is 16.8 Å². The summed E-state index contributed by atoms with van der Waals surface area (Å²) in [6, 6.07) is 16.9. The number of carbonyl (C=O) groups is 5. The first-order chi connectivity index (χ1) is 15.0. The largest absolute Gasteiger partial charge is 0.452 e. The third-order valence-corrected chi connectivity index (χ3v) is 4.84. The summed E-state index contributed by atoms with van der Waals surface area (Å²) in [4.78, 5) is 60.8. The van der Waals surface area contributed by atoms with Crippen LogP contribution in [-0.4, -0.2) is 36.3 Å². The number of ether oxygens (including phenoxy) is 1. The van der Waals surface area contributed by atoms with Crippen molar-refractivity contribution in [3.63, 3.8) is 0 Å². The van der Waals surface area contributed by atoms with Crippen molar-refractivity contribution in [2.24, 2.45) is 0 Å². The first kappa shape index (κ1) is 19.9. The first-order valence-corrected chi connectivity index (χ1v) is 9.33. The predicted octanol–water partition coefficient (Wildman–Crippen LogP) is 3.07. The SMILES string of the molecule is O=Cc1ccc(C(=O)OCC(=O)Nc2cccc3c2C(=O)c2ccccc2C3=O)cc1. The van der Waals surface area contributed by atoms with E-state index in [2.05, 4.69) is 5.32 Å². The minimum Gasteiger partial charge on any atom is -0.452 e. The maximum absolute atomic E-state index is 12.9. The monoisotopic (exact) mass is 413 g/mol. The van der Waals surface area contributed by atoms with E-state index in [1.165, 1.54) is 36.4 Å². The zero-order valence-electron chi connectivity index (χ0n) is 16.1. The molecule has 0 radical (unpaired) electrons. The molecule has 3 aromatic rings. The molecular formula is C24H15NO6. The van der Waals surface area contributed by atoms with Gasteiger partial charge in [0, 0.05) is 22.3 Å². The molecule has 7 nitrogen and oxygen atoms in total. The number of nitrogens with one attached hydrogen (secondary N) is 1. The van der Waals surface area contributed by atoms with E-state index in [0.29, 0.717) is 17.4 Å². The second kappa shape index (κ2) is 8.16. The standard InChI is InChI=1S/C24H15NO6/c26-12-14-8-10-15(11-9-14)24(30)31-13-20(27)25-19-7-3-6-18-21(19)23(29)17-5-2-1-4-16(17)22(18)28/h1-12H,13H2,(H,25,27). The lowest BCUT2D eigenvalue weighted by atomic mass is 9.83. The Labute approximate surface area is 176 Å². The highest BCUT2D eigenvalue weighted by Gasteiger charge is 2.31. The Bertz CT molecular complexity index is 1240. The summed E-state index contributed by atoms with van der Waals surface area (Å²) in [5.41, 5.74) is 1.66. The summed E-state index contributed by atoms with van der Waals surface area (Å²) in [7, 11) is 0. The average molecular weight is 413 g/mol. The van der Waals surface area contributed by atoms with Gasteiger partial charge in [-0.05, 0) is 18.2 Å². The lowest BCUT2D eigenvalue weighted by Crippen LogP contribution is -2.26. The van der Waals surface area contributed by atoms with E-state index >= 15 is 0 Å². The van der Waals surface area contributed by atoms with Gasteiger partial charge in [0.1, 0.15) is 6.29 Å². The Morgan fingerprint density at radius 3 is 2.13 bits per heavy atom. The third-order valence-electron chi connectivity index (χ3n) is 4.84. The van der Waals surface area contributed by atoms with Gasteiger partial charge in [-0.15, -0.1) is 0 Å². The molecule has 1 N–H and O–H groups in total. The van der Waals surface area contributed by atoms with Crippen LogP contribution in [0.1, 0.15) is 52.6 Å². The van der Waals surface area contributed by atoms with Crippen molar-refractivity contribution < 1.29 is 28.7 Å². The van der Waals surface area contributed by atoms with Gasteiger partial charge in [-0.25, -0.2) is 4.79 Å². The van der Waals surface area contributed by atoms with Crippen molar-refractivity contribution in [1.82, 2.24) is 0 Å². The lowest BCUT2D eigenvalue weighted by Gasteiger charge is -2.20. The fraction of sp³-hybridized carbons (Fsp3) is 0.0417. The van der Waals surface area contributed by atoms with Crippen LogP contribution in [0.25, 0.3) is 0 Å². The summed E-state index contributed by atoms with van der Waals surface area (Å²) in [6.45, 7) is -0.587. The second-order valence-corrected chi connectivity index (χ2v) is 6.80. The Kier molecular flexibility index (Phi) is 5.24. The van der Waals surface area contributed by atoms with E-state index < -0.39 is 18.5 Å². The van der Waals surface area contributed by atoms with E-state index in [0.717, 1.165) is 0 Å². The summed E-state index contributed by atoms with van der Waals surface area (Å²) in [5.74, 6) is -2.06. The molecular weight excluding hydrogens is 398 g/mol. The van der Waals surface area contributed by atoms with Crippen molar-refractivity contribution in [3.8, 4) is 0 Å². The molecule has 1 aliphatic rings. The number of aldehydes is 1. The van der Waals surface area contributed by atoms with E-state index in [1.54, 1.807) is 30.3 Å². The Balaban J connectivity index is 1.49. The van der Waals surface area contributed by atoms with Crippen molar-refractivity contribution in [1.29, 1.82) is 0 Å². The molecule has 4 rings (SSSR count). The van der Waals surface area contributed by atoms with Gasteiger partial charge < -0.3 is 10.1 Å². The van der Waals surface area contributed by atoms with E-state index in [4.69, 9.17) is 4.74 Å². The molecule has 1 amide bonds. The summed E-state index contributed by atoms with van der Waals surface area (Å²) in [6.07, 6.45) is 0.646. The number of hydrogen-bond donors (Lipinski definition) is 1. The Morgan fingerprint density at radius 2 is 1.45 bits per heavy atom. The highest BCUT2D eigenvalue weighted by Crippen LogP contribution is 2.31. The minimum absolute atomic E-state index is 0.107. The molecule has 3 aromatic carbocycles. The molecule has 31 heavy (non-hydrogen) atoms. The number of fused-ring (bicyclic) bond motifs is 2. The second-order valence-electron chi connectivity index (χ2n) is 6.80. The number of ketones is 2. The van der Waals surface area contributed by atoms with Crippen LogP contribution in [0.5, 0.6) is 0 Å².